The molecule has 0 saturated carbocycles. The molecule has 2 N–H and O–H groups in total. The van der Waals surface area contributed by atoms with E-state index in [0.717, 1.165) is 18.5 Å². The smallest absolute Gasteiger partial charge is 0.326 e. The Morgan fingerprint density at radius 2 is 2.21 bits per heavy atom. The molecule has 0 aromatic carbocycles. The number of aryl methyl sites for hydroxylation is 1. The summed E-state index contributed by atoms with van der Waals surface area (Å²) >= 11 is 0. The van der Waals surface area contributed by atoms with Crippen LogP contribution in [0.3, 0.4) is 0 Å². The highest BCUT2D eigenvalue weighted by Gasteiger charge is 2.24. The van der Waals surface area contributed by atoms with Crippen LogP contribution in [0.1, 0.15) is 44.7 Å². The number of aliphatic carboxylic acids is 1. The fraction of sp³-hybridized carbons (Fsp3) is 0.615. The average Bonchev–Trinajstić information content (AvgIpc) is 2.79. The minimum atomic E-state index is -0.987. The molecule has 6 heteroatoms. The molecule has 0 aliphatic rings. The van der Waals surface area contributed by atoms with Crippen LogP contribution in [-0.2, 0) is 16.6 Å². The van der Waals surface area contributed by atoms with Gasteiger partial charge >= 0.3 is 5.97 Å². The zero-order valence-corrected chi connectivity index (χ0v) is 11.6. The first-order valence-corrected chi connectivity index (χ1v) is 6.48. The van der Waals surface area contributed by atoms with Crippen LogP contribution < -0.4 is 5.32 Å². The number of unbranched alkanes of at least 4 members (excludes halogenated alkanes) is 1. The molecule has 1 amide bonds. The number of carboxylic acid groups (broad SMARTS) is 1. The third-order valence-corrected chi connectivity index (χ3v) is 3.16. The first-order valence-electron chi connectivity index (χ1n) is 6.48. The molecule has 19 heavy (non-hydrogen) atoms. The molecule has 0 saturated heterocycles. The van der Waals surface area contributed by atoms with Crippen molar-refractivity contribution in [1.29, 1.82) is 0 Å². The summed E-state index contributed by atoms with van der Waals surface area (Å²) in [6.45, 7) is 3.73. The van der Waals surface area contributed by atoms with E-state index < -0.39 is 17.9 Å². The van der Waals surface area contributed by atoms with Gasteiger partial charge in [0.05, 0.1) is 11.6 Å². The highest BCUT2D eigenvalue weighted by Crippen LogP contribution is 2.14. The number of aromatic nitrogens is 2. The molecule has 1 rings (SSSR count). The molecule has 1 aromatic heterocycles. The van der Waals surface area contributed by atoms with Gasteiger partial charge in [-0.3, -0.25) is 9.48 Å². The van der Waals surface area contributed by atoms with E-state index in [1.807, 2.05) is 6.92 Å². The highest BCUT2D eigenvalue weighted by atomic mass is 16.4. The summed E-state index contributed by atoms with van der Waals surface area (Å²) in [7, 11) is 1.75. The van der Waals surface area contributed by atoms with Crippen LogP contribution in [0, 0.1) is 0 Å². The van der Waals surface area contributed by atoms with Crippen molar-refractivity contribution in [3.05, 3.63) is 18.0 Å². The van der Waals surface area contributed by atoms with Crippen molar-refractivity contribution < 1.29 is 14.7 Å². The van der Waals surface area contributed by atoms with Gasteiger partial charge in [-0.05, 0) is 19.4 Å². The van der Waals surface area contributed by atoms with Gasteiger partial charge in [-0.2, -0.15) is 5.10 Å². The molecule has 2 atom stereocenters. The van der Waals surface area contributed by atoms with Gasteiger partial charge in [0.1, 0.15) is 6.04 Å². The predicted molar refractivity (Wildman–Crippen MR) is 70.7 cm³/mol. The lowest BCUT2D eigenvalue weighted by Crippen LogP contribution is -2.42. The molecule has 1 heterocycles. The Morgan fingerprint density at radius 3 is 2.68 bits per heavy atom. The second-order valence-electron chi connectivity index (χ2n) is 4.64. The Labute approximate surface area is 112 Å². The van der Waals surface area contributed by atoms with Gasteiger partial charge in [0.15, 0.2) is 0 Å². The maximum absolute atomic E-state index is 12.1. The largest absolute Gasteiger partial charge is 0.480 e. The Hall–Kier alpha value is -1.85. The molecule has 0 aliphatic carbocycles. The van der Waals surface area contributed by atoms with E-state index in [0.29, 0.717) is 6.42 Å². The number of carboxylic acids is 1. The van der Waals surface area contributed by atoms with Crippen molar-refractivity contribution in [3.8, 4) is 0 Å². The van der Waals surface area contributed by atoms with Gasteiger partial charge < -0.3 is 10.4 Å². The van der Waals surface area contributed by atoms with E-state index in [1.54, 1.807) is 30.9 Å². The quantitative estimate of drug-likeness (QED) is 0.779. The third-order valence-electron chi connectivity index (χ3n) is 3.16. The summed E-state index contributed by atoms with van der Waals surface area (Å²) in [5, 5.41) is 15.7. The fourth-order valence-electron chi connectivity index (χ4n) is 1.91. The molecule has 0 bridgehead atoms. The molecule has 6 nitrogen and oxygen atoms in total. The number of hydrogen-bond donors (Lipinski definition) is 2. The minimum absolute atomic E-state index is 0.285. The SMILES string of the molecule is CCCCC(NC(=O)C(C)c1ccnn1C)C(=O)O. The van der Waals surface area contributed by atoms with Crippen LogP contribution in [0.25, 0.3) is 0 Å². The van der Waals surface area contributed by atoms with Gasteiger partial charge in [-0.1, -0.05) is 19.8 Å². The first-order chi connectivity index (χ1) is 8.97. The summed E-state index contributed by atoms with van der Waals surface area (Å²) < 4.78 is 1.62. The van der Waals surface area contributed by atoms with E-state index in [1.165, 1.54) is 0 Å². The molecular formula is C13H21N3O3. The molecular weight excluding hydrogens is 246 g/mol. The van der Waals surface area contributed by atoms with Gasteiger partial charge in [-0.15, -0.1) is 0 Å². The third kappa shape index (κ3) is 4.08. The summed E-state index contributed by atoms with van der Waals surface area (Å²) in [5.41, 5.74) is 0.761. The van der Waals surface area contributed by atoms with Crippen molar-refractivity contribution >= 4 is 11.9 Å². The van der Waals surface area contributed by atoms with Crippen LogP contribution in [0.2, 0.25) is 0 Å². The maximum atomic E-state index is 12.1. The van der Waals surface area contributed by atoms with Gasteiger partial charge in [0, 0.05) is 13.2 Å². The molecule has 1 aromatic rings. The Kier molecular flexibility index (Phi) is 5.54. The van der Waals surface area contributed by atoms with E-state index in [9.17, 15) is 9.59 Å². The number of amides is 1. The second-order valence-corrected chi connectivity index (χ2v) is 4.64. The number of nitrogens with one attached hydrogen (secondary N) is 1. The maximum Gasteiger partial charge on any atom is 0.326 e. The summed E-state index contributed by atoms with van der Waals surface area (Å²) in [5.74, 6) is -1.69. The first kappa shape index (κ1) is 15.2. The van der Waals surface area contributed by atoms with E-state index in [4.69, 9.17) is 5.11 Å². The van der Waals surface area contributed by atoms with Crippen LogP contribution >= 0.6 is 0 Å². The number of carbonyl (C=O) groups excluding carboxylic acids is 1. The Bertz CT molecular complexity index is 442. The monoisotopic (exact) mass is 267 g/mol. The molecule has 0 radical (unpaired) electrons. The van der Waals surface area contributed by atoms with Crippen molar-refractivity contribution in [2.45, 2.75) is 45.1 Å². The average molecular weight is 267 g/mol. The van der Waals surface area contributed by atoms with Crippen LogP contribution in [0.5, 0.6) is 0 Å². The molecule has 0 aliphatic heterocycles. The number of nitrogens with zero attached hydrogens (tertiary/aromatic N) is 2. The van der Waals surface area contributed by atoms with Crippen LogP contribution in [-0.4, -0.2) is 32.8 Å². The molecule has 0 fully saturated rings. The fourth-order valence-corrected chi connectivity index (χ4v) is 1.91. The second kappa shape index (κ2) is 6.92. The number of hydrogen-bond acceptors (Lipinski definition) is 3. The standard InChI is InChI=1S/C13H21N3O3/c1-4-5-6-10(13(18)19)15-12(17)9(2)11-7-8-14-16(11)3/h7-10H,4-6H2,1-3H3,(H,15,17)(H,18,19). The van der Waals surface area contributed by atoms with Gasteiger partial charge in [0.2, 0.25) is 5.91 Å². The zero-order chi connectivity index (χ0) is 14.4. The summed E-state index contributed by atoms with van der Waals surface area (Å²) in [4.78, 5) is 23.1. The van der Waals surface area contributed by atoms with Crippen molar-refractivity contribution in [1.82, 2.24) is 15.1 Å². The van der Waals surface area contributed by atoms with E-state index in [2.05, 4.69) is 10.4 Å². The highest BCUT2D eigenvalue weighted by molar-refractivity contribution is 5.87. The zero-order valence-electron chi connectivity index (χ0n) is 11.6. The summed E-state index contributed by atoms with van der Waals surface area (Å²) in [6, 6.07) is 0.939. The van der Waals surface area contributed by atoms with Crippen LogP contribution in [0.4, 0.5) is 0 Å². The summed E-state index contributed by atoms with van der Waals surface area (Å²) in [6.07, 6.45) is 3.74. The lowest BCUT2D eigenvalue weighted by Gasteiger charge is -2.17. The van der Waals surface area contributed by atoms with E-state index >= 15 is 0 Å². The normalized spacial score (nSPS) is 13.8. The number of rotatable bonds is 7. The molecule has 106 valence electrons. The van der Waals surface area contributed by atoms with Crippen LogP contribution in [0.15, 0.2) is 12.3 Å². The lowest BCUT2D eigenvalue weighted by atomic mass is 10.0. The van der Waals surface area contributed by atoms with E-state index in [-0.39, 0.29) is 5.91 Å². The van der Waals surface area contributed by atoms with Crippen molar-refractivity contribution in [2.24, 2.45) is 7.05 Å². The Morgan fingerprint density at radius 1 is 1.53 bits per heavy atom. The number of carbonyl (C=O) groups is 2. The van der Waals surface area contributed by atoms with Gasteiger partial charge in [-0.25, -0.2) is 4.79 Å². The topological polar surface area (TPSA) is 84.2 Å². The van der Waals surface area contributed by atoms with Crippen molar-refractivity contribution in [2.75, 3.05) is 0 Å². The van der Waals surface area contributed by atoms with Gasteiger partial charge in [0.25, 0.3) is 0 Å². The Balaban J connectivity index is 2.66. The predicted octanol–water partition coefficient (Wildman–Crippen LogP) is 1.28. The lowest BCUT2D eigenvalue weighted by molar-refractivity contribution is -0.142. The molecule has 2 unspecified atom stereocenters. The minimum Gasteiger partial charge on any atom is -0.480 e. The van der Waals surface area contributed by atoms with Crippen molar-refractivity contribution in [3.63, 3.8) is 0 Å². The molecule has 0 spiro atoms.